The summed E-state index contributed by atoms with van der Waals surface area (Å²) in [5.74, 6) is 0. The summed E-state index contributed by atoms with van der Waals surface area (Å²) in [5.41, 5.74) is 1.12. The van der Waals surface area contributed by atoms with Crippen molar-refractivity contribution in [3.8, 4) is 0 Å². The van der Waals surface area contributed by atoms with Crippen molar-refractivity contribution in [3.05, 3.63) is 36.4 Å². The lowest BCUT2D eigenvalue weighted by atomic mass is 10.2. The Kier molecular flexibility index (Phi) is 7.89. The minimum absolute atomic E-state index is 0.960. The molecule has 0 radical (unpaired) electrons. The van der Waals surface area contributed by atoms with Crippen LogP contribution in [-0.4, -0.2) is 47.3 Å². The first-order valence-electron chi connectivity index (χ1n) is 7.72. The fourth-order valence-electron chi connectivity index (χ4n) is 2.74. The van der Waals surface area contributed by atoms with E-state index in [-0.39, 0.29) is 0 Å². The Hall–Kier alpha value is -0.943. The van der Waals surface area contributed by atoms with Gasteiger partial charge in [-0.15, -0.1) is 0 Å². The van der Waals surface area contributed by atoms with Crippen molar-refractivity contribution >= 4 is 19.8 Å². The van der Waals surface area contributed by atoms with E-state index in [2.05, 4.69) is 37.5 Å². The number of rotatable bonds is 10. The molecule has 0 aromatic heterocycles. The van der Waals surface area contributed by atoms with Crippen molar-refractivity contribution < 1.29 is 8.85 Å². The fraction of sp³-hybridized carbons (Fsp3) is 0.529. The maximum Gasteiger partial charge on any atom is 0.372 e. The Labute approximate surface area is 130 Å². The molecule has 0 saturated carbocycles. The Morgan fingerprint density at radius 3 is 2.29 bits per heavy atom. The van der Waals surface area contributed by atoms with Crippen LogP contribution in [0.4, 0.5) is 0 Å². The Morgan fingerprint density at radius 1 is 1.14 bits per heavy atom. The lowest BCUT2D eigenvalue weighted by Crippen LogP contribution is -2.53. The average molecular weight is 308 g/mol. The van der Waals surface area contributed by atoms with Crippen LogP contribution in [0, 0.1) is 0 Å². The zero-order chi connectivity index (χ0) is 15.7. The standard InChI is InChI=1S/C17H29NO2Si/c1-6-16-12-9-10-13-17(16)21(19-4,20-5)15-11-14-18(7-2)8-3/h6,9-10,12-13H,1,7-8,11,14-15H2,2-5H3. The van der Waals surface area contributed by atoms with E-state index in [4.69, 9.17) is 8.85 Å². The van der Waals surface area contributed by atoms with Gasteiger partial charge in [0, 0.05) is 19.4 Å². The lowest BCUT2D eigenvalue weighted by molar-refractivity contribution is 0.249. The van der Waals surface area contributed by atoms with Crippen molar-refractivity contribution in [1.29, 1.82) is 0 Å². The number of hydrogen-bond acceptors (Lipinski definition) is 3. The van der Waals surface area contributed by atoms with Gasteiger partial charge in [0.05, 0.1) is 0 Å². The van der Waals surface area contributed by atoms with Crippen LogP contribution in [0.5, 0.6) is 0 Å². The van der Waals surface area contributed by atoms with Crippen molar-refractivity contribution in [2.24, 2.45) is 0 Å². The maximum atomic E-state index is 5.92. The molecule has 3 nitrogen and oxygen atoms in total. The number of benzene rings is 1. The predicted octanol–water partition coefficient (Wildman–Crippen LogP) is 3.00. The van der Waals surface area contributed by atoms with Crippen molar-refractivity contribution in [1.82, 2.24) is 4.90 Å². The van der Waals surface area contributed by atoms with Gasteiger partial charge < -0.3 is 13.8 Å². The van der Waals surface area contributed by atoms with Gasteiger partial charge in [-0.25, -0.2) is 0 Å². The van der Waals surface area contributed by atoms with Crippen molar-refractivity contribution in [2.75, 3.05) is 33.9 Å². The molecule has 0 aliphatic carbocycles. The molecular formula is C17H29NO2Si. The molecule has 0 unspecified atom stereocenters. The second-order valence-electron chi connectivity index (χ2n) is 5.08. The molecule has 0 N–H and O–H groups in total. The fourth-order valence-corrected chi connectivity index (χ4v) is 5.62. The highest BCUT2D eigenvalue weighted by molar-refractivity contribution is 6.81. The molecule has 1 aromatic rings. The number of nitrogens with zero attached hydrogens (tertiary/aromatic N) is 1. The normalized spacial score (nSPS) is 11.9. The first kappa shape index (κ1) is 18.1. The van der Waals surface area contributed by atoms with E-state index in [1.54, 1.807) is 14.2 Å². The summed E-state index contributed by atoms with van der Waals surface area (Å²) < 4.78 is 11.8. The van der Waals surface area contributed by atoms with E-state index in [0.717, 1.165) is 37.7 Å². The highest BCUT2D eigenvalue weighted by Crippen LogP contribution is 2.18. The smallest absolute Gasteiger partial charge is 0.372 e. The molecule has 0 amide bonds. The molecular weight excluding hydrogens is 278 g/mol. The van der Waals surface area contributed by atoms with E-state index >= 15 is 0 Å². The SMILES string of the molecule is C=Cc1ccccc1[Si](CCCN(CC)CC)(OC)OC. The van der Waals surface area contributed by atoms with Crippen LogP contribution in [0.25, 0.3) is 6.08 Å². The minimum Gasteiger partial charge on any atom is -0.394 e. The summed E-state index contributed by atoms with van der Waals surface area (Å²) in [5, 5.41) is 1.18. The second-order valence-corrected chi connectivity index (χ2v) is 8.44. The van der Waals surface area contributed by atoms with E-state index in [1.165, 1.54) is 5.19 Å². The van der Waals surface area contributed by atoms with Gasteiger partial charge in [0.15, 0.2) is 0 Å². The van der Waals surface area contributed by atoms with Gasteiger partial charge in [-0.05, 0) is 37.7 Å². The van der Waals surface area contributed by atoms with Crippen LogP contribution in [0.15, 0.2) is 30.8 Å². The van der Waals surface area contributed by atoms with Crippen molar-refractivity contribution in [2.45, 2.75) is 26.3 Å². The summed E-state index contributed by atoms with van der Waals surface area (Å²) in [7, 11) is 1.17. The quantitative estimate of drug-likeness (QED) is 0.620. The van der Waals surface area contributed by atoms with Crippen LogP contribution < -0.4 is 5.19 Å². The molecule has 0 atom stereocenters. The van der Waals surface area contributed by atoms with Crippen LogP contribution >= 0.6 is 0 Å². The molecule has 0 heterocycles. The summed E-state index contributed by atoms with van der Waals surface area (Å²) in [6.07, 6.45) is 2.97. The molecule has 1 rings (SSSR count). The van der Waals surface area contributed by atoms with E-state index < -0.39 is 8.56 Å². The van der Waals surface area contributed by atoms with Gasteiger partial charge in [0.25, 0.3) is 0 Å². The third-order valence-corrected chi connectivity index (χ3v) is 7.73. The lowest BCUT2D eigenvalue weighted by Gasteiger charge is -2.30. The van der Waals surface area contributed by atoms with Crippen LogP contribution in [0.3, 0.4) is 0 Å². The summed E-state index contributed by atoms with van der Waals surface area (Å²) in [6.45, 7) is 11.6. The van der Waals surface area contributed by atoms with Gasteiger partial charge in [-0.3, -0.25) is 0 Å². The topological polar surface area (TPSA) is 21.7 Å². The summed E-state index contributed by atoms with van der Waals surface area (Å²) in [4.78, 5) is 2.43. The van der Waals surface area contributed by atoms with E-state index in [0.29, 0.717) is 0 Å². The molecule has 118 valence electrons. The van der Waals surface area contributed by atoms with Gasteiger partial charge in [-0.2, -0.15) is 0 Å². The number of hydrogen-bond donors (Lipinski definition) is 0. The highest BCUT2D eigenvalue weighted by atomic mass is 28.4. The first-order chi connectivity index (χ1) is 10.2. The monoisotopic (exact) mass is 307 g/mol. The van der Waals surface area contributed by atoms with Gasteiger partial charge >= 0.3 is 8.56 Å². The molecule has 0 aliphatic heterocycles. The van der Waals surface area contributed by atoms with Crippen LogP contribution in [0.2, 0.25) is 6.04 Å². The second kappa shape index (κ2) is 9.15. The zero-order valence-corrected chi connectivity index (χ0v) is 14.9. The third kappa shape index (κ3) is 4.51. The molecule has 21 heavy (non-hydrogen) atoms. The molecule has 0 fully saturated rings. The molecule has 1 aromatic carbocycles. The van der Waals surface area contributed by atoms with Crippen LogP contribution in [-0.2, 0) is 8.85 Å². The first-order valence-corrected chi connectivity index (χ1v) is 9.74. The van der Waals surface area contributed by atoms with E-state index in [9.17, 15) is 0 Å². The van der Waals surface area contributed by atoms with Gasteiger partial charge in [0.1, 0.15) is 0 Å². The summed E-state index contributed by atoms with van der Waals surface area (Å²) >= 11 is 0. The van der Waals surface area contributed by atoms with Crippen LogP contribution in [0.1, 0.15) is 25.8 Å². The minimum atomic E-state index is -2.38. The summed E-state index contributed by atoms with van der Waals surface area (Å²) in [6, 6.07) is 9.23. The van der Waals surface area contributed by atoms with Crippen molar-refractivity contribution in [3.63, 3.8) is 0 Å². The molecule has 0 bridgehead atoms. The molecule has 0 spiro atoms. The zero-order valence-electron chi connectivity index (χ0n) is 13.9. The van der Waals surface area contributed by atoms with Gasteiger partial charge in [-0.1, -0.05) is 50.8 Å². The van der Waals surface area contributed by atoms with E-state index in [1.807, 2.05) is 18.2 Å². The highest BCUT2D eigenvalue weighted by Gasteiger charge is 2.38. The Bertz CT molecular complexity index is 429. The Balaban J connectivity index is 2.90. The van der Waals surface area contributed by atoms with Gasteiger partial charge in [0.2, 0.25) is 0 Å². The molecule has 0 aliphatic rings. The average Bonchev–Trinajstić information content (AvgIpc) is 2.56. The third-order valence-electron chi connectivity index (χ3n) is 4.13. The Morgan fingerprint density at radius 2 is 1.76 bits per heavy atom. The maximum absolute atomic E-state index is 5.92. The molecule has 4 heteroatoms. The predicted molar refractivity (Wildman–Crippen MR) is 93.2 cm³/mol. The molecule has 0 saturated heterocycles. The largest absolute Gasteiger partial charge is 0.394 e.